The number of allylic oxidation sites excluding steroid dienone is 1. The van der Waals surface area contributed by atoms with Crippen LogP contribution >= 0.6 is 22.9 Å². The molecule has 0 radical (unpaired) electrons. The van der Waals surface area contributed by atoms with Gasteiger partial charge in [0.2, 0.25) is 0 Å². The van der Waals surface area contributed by atoms with Gasteiger partial charge in [-0.25, -0.2) is 4.98 Å². The maximum absolute atomic E-state index is 12.5. The summed E-state index contributed by atoms with van der Waals surface area (Å²) in [5, 5.41) is 7.06. The van der Waals surface area contributed by atoms with Crippen LogP contribution in [0, 0.1) is 13.8 Å². The Morgan fingerprint density at radius 1 is 1.23 bits per heavy atom. The van der Waals surface area contributed by atoms with Crippen LogP contribution in [0.2, 0.25) is 5.02 Å². The summed E-state index contributed by atoms with van der Waals surface area (Å²) in [4.78, 5) is 38.1. The van der Waals surface area contributed by atoms with E-state index >= 15 is 0 Å². The number of carbonyl (C=O) groups is 2. The minimum atomic E-state index is -0.289. The molecule has 0 aliphatic rings. The minimum Gasteiger partial charge on any atom is -0.346 e. The molecule has 1 aromatic heterocycles. The van der Waals surface area contributed by atoms with E-state index in [1.165, 1.54) is 11.3 Å². The van der Waals surface area contributed by atoms with E-state index in [1.807, 2.05) is 6.92 Å². The van der Waals surface area contributed by atoms with Gasteiger partial charge in [-0.05, 0) is 52.1 Å². The molecule has 7 nitrogen and oxygen atoms in total. The Bertz CT molecular complexity index is 1030. The van der Waals surface area contributed by atoms with E-state index in [4.69, 9.17) is 11.6 Å². The number of rotatable bonds is 8. The number of nitrogens with zero attached hydrogens (tertiary/aromatic N) is 3. The van der Waals surface area contributed by atoms with Gasteiger partial charge in [0.1, 0.15) is 5.71 Å². The van der Waals surface area contributed by atoms with E-state index in [1.54, 1.807) is 45.2 Å². The van der Waals surface area contributed by atoms with Gasteiger partial charge in [-0.3, -0.25) is 19.6 Å². The number of amides is 2. The van der Waals surface area contributed by atoms with Gasteiger partial charge in [-0.1, -0.05) is 17.7 Å². The maximum atomic E-state index is 12.5. The molecule has 0 unspecified atom stereocenters. The van der Waals surface area contributed by atoms with Crippen molar-refractivity contribution in [1.82, 2.24) is 15.6 Å². The second kappa shape index (κ2) is 10.8. The number of hydrogen-bond acceptors (Lipinski definition) is 6. The van der Waals surface area contributed by atoms with E-state index in [0.717, 1.165) is 9.88 Å². The van der Waals surface area contributed by atoms with E-state index in [9.17, 15) is 9.59 Å². The molecular weight excluding hydrogens is 422 g/mol. The van der Waals surface area contributed by atoms with Crippen LogP contribution in [-0.4, -0.2) is 35.8 Å². The van der Waals surface area contributed by atoms with Crippen molar-refractivity contribution in [1.29, 1.82) is 0 Å². The summed E-state index contributed by atoms with van der Waals surface area (Å²) in [6.07, 6.45) is 1.74. The minimum absolute atomic E-state index is 0.124. The number of carbonyl (C=O) groups excluding carboxylic acids is 2. The smallest absolute Gasteiger partial charge is 0.265 e. The van der Waals surface area contributed by atoms with Crippen molar-refractivity contribution in [2.75, 3.05) is 6.54 Å². The topological polar surface area (TPSA) is 95.8 Å². The predicted octanol–water partition coefficient (Wildman–Crippen LogP) is 3.85. The molecule has 9 heteroatoms. The highest BCUT2D eigenvalue weighted by Gasteiger charge is 2.12. The fourth-order valence-corrected chi connectivity index (χ4v) is 3.47. The Labute approximate surface area is 185 Å². The number of aromatic nitrogens is 1. The molecule has 30 heavy (non-hydrogen) atoms. The average molecular weight is 446 g/mol. The van der Waals surface area contributed by atoms with Gasteiger partial charge >= 0.3 is 0 Å². The Balaban J connectivity index is 2.02. The summed E-state index contributed by atoms with van der Waals surface area (Å²) < 4.78 is 0. The maximum Gasteiger partial charge on any atom is 0.265 e. The van der Waals surface area contributed by atoms with Gasteiger partial charge in [0, 0.05) is 21.7 Å². The number of halogens is 1. The molecule has 0 saturated heterocycles. The Morgan fingerprint density at radius 2 is 1.97 bits per heavy atom. The first-order chi connectivity index (χ1) is 14.2. The number of aliphatic imine (C=N–C) groups is 2. The summed E-state index contributed by atoms with van der Waals surface area (Å²) in [7, 11) is 0. The molecule has 1 heterocycles. The molecule has 1 aromatic carbocycles. The van der Waals surface area contributed by atoms with E-state index in [2.05, 4.69) is 32.3 Å². The highest BCUT2D eigenvalue weighted by atomic mass is 35.5. The van der Waals surface area contributed by atoms with E-state index < -0.39 is 0 Å². The molecule has 0 aliphatic heterocycles. The summed E-state index contributed by atoms with van der Waals surface area (Å²) in [5.74, 6) is -0.565. The van der Waals surface area contributed by atoms with Gasteiger partial charge in [0.15, 0.2) is 0 Å². The lowest BCUT2D eigenvalue weighted by atomic mass is 10.1. The van der Waals surface area contributed by atoms with Crippen LogP contribution < -0.4 is 10.6 Å². The van der Waals surface area contributed by atoms with Crippen LogP contribution in [0.1, 0.15) is 39.7 Å². The van der Waals surface area contributed by atoms with Crippen LogP contribution in [0.15, 0.2) is 45.8 Å². The molecule has 2 N–H and O–H groups in total. The van der Waals surface area contributed by atoms with Crippen molar-refractivity contribution in [3.05, 3.63) is 61.8 Å². The number of hydrogen-bond donors (Lipinski definition) is 2. The molecule has 0 aliphatic carbocycles. The van der Waals surface area contributed by atoms with Crippen LogP contribution in [-0.2, 0) is 11.3 Å². The molecule has 0 bridgehead atoms. The molecule has 0 saturated carbocycles. The lowest BCUT2D eigenvalue weighted by Crippen LogP contribution is -2.29. The lowest BCUT2D eigenvalue weighted by molar-refractivity contribution is -0.115. The van der Waals surface area contributed by atoms with Crippen molar-refractivity contribution < 1.29 is 9.59 Å². The second-order valence-electron chi connectivity index (χ2n) is 6.51. The molecule has 2 rings (SSSR count). The Morgan fingerprint density at radius 3 is 2.60 bits per heavy atom. The fraction of sp³-hybridized carbons (Fsp3) is 0.286. The third-order valence-electron chi connectivity index (χ3n) is 4.29. The van der Waals surface area contributed by atoms with Gasteiger partial charge in [-0.15, -0.1) is 11.3 Å². The molecule has 0 spiro atoms. The Kier molecular flexibility index (Phi) is 8.44. The number of benzene rings is 1. The highest BCUT2D eigenvalue weighted by Crippen LogP contribution is 2.18. The standard InChI is InChI=1S/C21H24ClN5O2S/c1-12-17(7-6-8-18(12)22)21(29)26-11-19(23-5)13(2)27-14(3)20(28)25-10-16-9-24-15(4)30-16/h6-9H,5,10-11H2,1-4H3,(H,25,28)(H,26,29)/b19-13-,27-14?. The third kappa shape index (κ3) is 6.33. The molecule has 0 fully saturated rings. The summed E-state index contributed by atoms with van der Waals surface area (Å²) in [6, 6.07) is 5.15. The lowest BCUT2D eigenvalue weighted by Gasteiger charge is -2.10. The summed E-state index contributed by atoms with van der Waals surface area (Å²) in [5.41, 5.74) is 2.43. The van der Waals surface area contributed by atoms with Gasteiger partial charge in [0.05, 0.1) is 29.5 Å². The zero-order valence-electron chi connectivity index (χ0n) is 17.4. The second-order valence-corrected chi connectivity index (χ2v) is 8.24. The van der Waals surface area contributed by atoms with E-state index in [0.29, 0.717) is 34.1 Å². The highest BCUT2D eigenvalue weighted by molar-refractivity contribution is 7.11. The first-order valence-corrected chi connectivity index (χ1v) is 10.4. The largest absolute Gasteiger partial charge is 0.346 e. The number of nitrogens with one attached hydrogen (secondary N) is 2. The summed E-state index contributed by atoms with van der Waals surface area (Å²) in [6.45, 7) is 11.1. The zero-order chi connectivity index (χ0) is 22.3. The quantitative estimate of drug-likeness (QED) is 0.604. The molecular formula is C21H24ClN5O2S. The van der Waals surface area contributed by atoms with Crippen molar-refractivity contribution in [2.24, 2.45) is 9.98 Å². The van der Waals surface area contributed by atoms with Crippen LogP contribution in [0.5, 0.6) is 0 Å². The van der Waals surface area contributed by atoms with Gasteiger partial charge in [-0.2, -0.15) is 0 Å². The zero-order valence-corrected chi connectivity index (χ0v) is 18.9. The first kappa shape index (κ1) is 23.4. The molecule has 2 aromatic rings. The third-order valence-corrected chi connectivity index (χ3v) is 5.62. The SMILES string of the molecule is C=N/C(CNC(=O)c1cccc(Cl)c1C)=C(/C)N=C(C)C(=O)NCc1cnc(C)s1. The van der Waals surface area contributed by atoms with Crippen LogP contribution in [0.25, 0.3) is 0 Å². The fourth-order valence-electron chi connectivity index (χ4n) is 2.56. The molecule has 0 atom stereocenters. The van der Waals surface area contributed by atoms with Crippen molar-refractivity contribution >= 4 is 47.2 Å². The molecule has 2 amide bonds. The van der Waals surface area contributed by atoms with Crippen molar-refractivity contribution in [3.63, 3.8) is 0 Å². The van der Waals surface area contributed by atoms with Gasteiger partial charge < -0.3 is 10.6 Å². The van der Waals surface area contributed by atoms with Crippen LogP contribution in [0.4, 0.5) is 0 Å². The molecule has 158 valence electrons. The predicted molar refractivity (Wildman–Crippen MR) is 123 cm³/mol. The van der Waals surface area contributed by atoms with Crippen LogP contribution in [0.3, 0.4) is 0 Å². The normalized spacial score (nSPS) is 12.2. The number of aryl methyl sites for hydroxylation is 1. The van der Waals surface area contributed by atoms with Gasteiger partial charge in [0.25, 0.3) is 11.8 Å². The number of thiazole rings is 1. The monoisotopic (exact) mass is 445 g/mol. The average Bonchev–Trinajstić information content (AvgIpc) is 3.13. The Hall–Kier alpha value is -2.84. The first-order valence-electron chi connectivity index (χ1n) is 9.17. The van der Waals surface area contributed by atoms with E-state index in [-0.39, 0.29) is 24.1 Å². The van der Waals surface area contributed by atoms with Crippen molar-refractivity contribution in [3.8, 4) is 0 Å². The van der Waals surface area contributed by atoms with Crippen molar-refractivity contribution in [2.45, 2.75) is 34.2 Å². The summed E-state index contributed by atoms with van der Waals surface area (Å²) >= 11 is 7.60.